The molecule has 1 atom stereocenters. The maximum absolute atomic E-state index is 5.81. The fraction of sp³-hybridized carbons (Fsp3) is 0.857. The number of nitrogens with one attached hydrogen (secondary N) is 1. The lowest BCUT2D eigenvalue weighted by molar-refractivity contribution is 0.134. The Morgan fingerprint density at radius 3 is 2.62 bits per heavy atom. The fourth-order valence-corrected chi connectivity index (χ4v) is 3.39. The standard InChI is InChI=1S/C14H25NO/c1-3-14(9-5-6-10-14)13(15-4-2)12-8-7-11-16-12/h8,13,15H,3-7,9-11H2,1-2H3. The van der Waals surface area contributed by atoms with Gasteiger partial charge in [-0.2, -0.15) is 0 Å². The van der Waals surface area contributed by atoms with E-state index < -0.39 is 0 Å². The third kappa shape index (κ3) is 2.13. The third-order valence-corrected chi connectivity index (χ3v) is 4.34. The van der Waals surface area contributed by atoms with Gasteiger partial charge in [-0.3, -0.25) is 0 Å². The Kier molecular flexibility index (Phi) is 3.91. The van der Waals surface area contributed by atoms with Crippen molar-refractivity contribution in [3.05, 3.63) is 11.8 Å². The molecule has 0 aromatic rings. The van der Waals surface area contributed by atoms with Crippen LogP contribution in [0.5, 0.6) is 0 Å². The summed E-state index contributed by atoms with van der Waals surface area (Å²) in [4.78, 5) is 0. The van der Waals surface area contributed by atoms with Gasteiger partial charge in [-0.1, -0.05) is 26.7 Å². The van der Waals surface area contributed by atoms with Crippen molar-refractivity contribution < 1.29 is 4.74 Å². The van der Waals surface area contributed by atoms with Crippen LogP contribution in [0.3, 0.4) is 0 Å². The second kappa shape index (κ2) is 5.22. The Morgan fingerprint density at radius 1 is 1.38 bits per heavy atom. The minimum absolute atomic E-state index is 0.464. The van der Waals surface area contributed by atoms with Crippen LogP contribution in [0.25, 0.3) is 0 Å². The molecule has 0 aromatic heterocycles. The molecule has 2 nitrogen and oxygen atoms in total. The Labute approximate surface area is 99.4 Å². The van der Waals surface area contributed by atoms with Crippen LogP contribution >= 0.6 is 0 Å². The minimum Gasteiger partial charge on any atom is -0.496 e. The summed E-state index contributed by atoms with van der Waals surface area (Å²) in [5, 5.41) is 3.66. The monoisotopic (exact) mass is 223 g/mol. The fourth-order valence-electron chi connectivity index (χ4n) is 3.39. The van der Waals surface area contributed by atoms with Crippen molar-refractivity contribution in [2.24, 2.45) is 5.41 Å². The average molecular weight is 223 g/mol. The molecule has 1 saturated carbocycles. The minimum atomic E-state index is 0.464. The Hall–Kier alpha value is -0.500. The smallest absolute Gasteiger partial charge is 0.110 e. The SMILES string of the molecule is CCNC(C1=CCCO1)C1(CC)CCCC1. The van der Waals surface area contributed by atoms with Crippen LogP contribution in [0.1, 0.15) is 52.4 Å². The molecule has 0 radical (unpaired) electrons. The molecule has 1 aliphatic carbocycles. The van der Waals surface area contributed by atoms with Crippen molar-refractivity contribution in [1.29, 1.82) is 0 Å². The van der Waals surface area contributed by atoms with E-state index in [1.807, 2.05) is 0 Å². The summed E-state index contributed by atoms with van der Waals surface area (Å²) in [6.45, 7) is 6.45. The lowest BCUT2D eigenvalue weighted by atomic mass is 9.75. The molecular weight excluding hydrogens is 198 g/mol. The molecule has 0 aromatic carbocycles. The molecule has 0 bridgehead atoms. The zero-order valence-electron chi connectivity index (χ0n) is 10.7. The van der Waals surface area contributed by atoms with Gasteiger partial charge < -0.3 is 10.1 Å². The lowest BCUT2D eigenvalue weighted by Crippen LogP contribution is -2.45. The molecule has 2 rings (SSSR count). The highest BCUT2D eigenvalue weighted by Crippen LogP contribution is 2.46. The highest BCUT2D eigenvalue weighted by Gasteiger charge is 2.42. The quantitative estimate of drug-likeness (QED) is 0.772. The van der Waals surface area contributed by atoms with Crippen LogP contribution in [0.15, 0.2) is 11.8 Å². The van der Waals surface area contributed by atoms with Crippen LogP contribution < -0.4 is 5.32 Å². The topological polar surface area (TPSA) is 21.3 Å². The Balaban J connectivity index is 2.16. The maximum Gasteiger partial charge on any atom is 0.110 e. The van der Waals surface area contributed by atoms with Gasteiger partial charge >= 0.3 is 0 Å². The van der Waals surface area contributed by atoms with Gasteiger partial charge in [-0.05, 0) is 37.3 Å². The number of hydrogen-bond acceptors (Lipinski definition) is 2. The number of hydrogen-bond donors (Lipinski definition) is 1. The maximum atomic E-state index is 5.81. The second-order valence-electron chi connectivity index (χ2n) is 5.16. The van der Waals surface area contributed by atoms with E-state index in [1.54, 1.807) is 0 Å². The van der Waals surface area contributed by atoms with Gasteiger partial charge in [0.05, 0.1) is 12.6 Å². The van der Waals surface area contributed by atoms with Crippen molar-refractivity contribution in [2.75, 3.05) is 13.2 Å². The number of ether oxygens (including phenoxy) is 1. The Bertz CT molecular complexity index is 253. The van der Waals surface area contributed by atoms with Crippen molar-refractivity contribution in [1.82, 2.24) is 5.32 Å². The van der Waals surface area contributed by atoms with Crippen LogP contribution in [0, 0.1) is 5.41 Å². The zero-order valence-corrected chi connectivity index (χ0v) is 10.7. The summed E-state index contributed by atoms with van der Waals surface area (Å²) in [6.07, 6.45) is 10.2. The van der Waals surface area contributed by atoms with E-state index in [0.717, 1.165) is 19.6 Å². The molecule has 16 heavy (non-hydrogen) atoms. The molecule has 1 heterocycles. The van der Waals surface area contributed by atoms with Gasteiger partial charge in [0.15, 0.2) is 0 Å². The van der Waals surface area contributed by atoms with Crippen molar-refractivity contribution in [3.8, 4) is 0 Å². The summed E-state index contributed by atoms with van der Waals surface area (Å²) in [6, 6.07) is 0.465. The second-order valence-corrected chi connectivity index (χ2v) is 5.16. The molecule has 0 saturated heterocycles. The molecule has 2 heteroatoms. The van der Waals surface area contributed by atoms with Gasteiger partial charge in [0.1, 0.15) is 5.76 Å². The van der Waals surface area contributed by atoms with E-state index in [9.17, 15) is 0 Å². The van der Waals surface area contributed by atoms with Crippen LogP contribution in [0.4, 0.5) is 0 Å². The average Bonchev–Trinajstić information content (AvgIpc) is 2.98. The molecular formula is C14H25NO. The first-order valence-corrected chi connectivity index (χ1v) is 6.88. The van der Waals surface area contributed by atoms with Gasteiger partial charge in [0, 0.05) is 6.42 Å². The first-order valence-electron chi connectivity index (χ1n) is 6.88. The number of rotatable bonds is 5. The highest BCUT2D eigenvalue weighted by atomic mass is 16.5. The normalized spacial score (nSPS) is 25.2. The summed E-state index contributed by atoms with van der Waals surface area (Å²) < 4.78 is 5.81. The zero-order chi connectivity index (χ0) is 11.4. The first-order chi connectivity index (χ1) is 7.82. The van der Waals surface area contributed by atoms with E-state index in [0.29, 0.717) is 11.5 Å². The summed E-state index contributed by atoms with van der Waals surface area (Å²) in [5.74, 6) is 1.23. The molecule has 0 amide bonds. The van der Waals surface area contributed by atoms with Crippen LogP contribution in [-0.4, -0.2) is 19.2 Å². The first kappa shape index (κ1) is 12.0. The van der Waals surface area contributed by atoms with E-state index >= 15 is 0 Å². The molecule has 1 unspecified atom stereocenters. The van der Waals surface area contributed by atoms with E-state index in [-0.39, 0.29) is 0 Å². The highest BCUT2D eigenvalue weighted by molar-refractivity contribution is 5.14. The van der Waals surface area contributed by atoms with Gasteiger partial charge in [0.25, 0.3) is 0 Å². The van der Waals surface area contributed by atoms with Crippen LogP contribution in [0.2, 0.25) is 0 Å². The van der Waals surface area contributed by atoms with E-state index in [2.05, 4.69) is 25.2 Å². The predicted octanol–water partition coefficient (Wildman–Crippen LogP) is 3.24. The molecule has 1 aliphatic heterocycles. The largest absolute Gasteiger partial charge is 0.496 e. The van der Waals surface area contributed by atoms with Crippen molar-refractivity contribution in [2.45, 2.75) is 58.4 Å². The summed E-state index contributed by atoms with van der Waals surface area (Å²) >= 11 is 0. The van der Waals surface area contributed by atoms with Crippen molar-refractivity contribution in [3.63, 3.8) is 0 Å². The predicted molar refractivity (Wildman–Crippen MR) is 67.3 cm³/mol. The third-order valence-electron chi connectivity index (χ3n) is 4.34. The van der Waals surface area contributed by atoms with Crippen molar-refractivity contribution >= 4 is 0 Å². The lowest BCUT2D eigenvalue weighted by Gasteiger charge is -2.37. The summed E-state index contributed by atoms with van der Waals surface area (Å²) in [5.41, 5.74) is 0.464. The molecule has 1 N–H and O–H groups in total. The summed E-state index contributed by atoms with van der Waals surface area (Å²) in [7, 11) is 0. The molecule has 2 aliphatic rings. The van der Waals surface area contributed by atoms with Gasteiger partial charge in [-0.15, -0.1) is 0 Å². The molecule has 1 fully saturated rings. The van der Waals surface area contributed by atoms with Gasteiger partial charge in [0.2, 0.25) is 0 Å². The van der Waals surface area contributed by atoms with E-state index in [4.69, 9.17) is 4.74 Å². The van der Waals surface area contributed by atoms with Gasteiger partial charge in [-0.25, -0.2) is 0 Å². The number of likely N-dealkylation sites (N-methyl/N-ethyl adjacent to an activating group) is 1. The molecule has 0 spiro atoms. The molecule has 92 valence electrons. The van der Waals surface area contributed by atoms with Crippen LogP contribution in [-0.2, 0) is 4.74 Å². The Morgan fingerprint density at radius 2 is 2.12 bits per heavy atom. The van der Waals surface area contributed by atoms with E-state index in [1.165, 1.54) is 37.9 Å².